The van der Waals surface area contributed by atoms with Crippen molar-refractivity contribution in [2.24, 2.45) is 0 Å². The second-order valence-corrected chi connectivity index (χ2v) is 5.63. The molecule has 1 aromatic rings. The van der Waals surface area contributed by atoms with Crippen molar-refractivity contribution < 1.29 is 9.59 Å². The highest BCUT2D eigenvalue weighted by molar-refractivity contribution is 5.94. The number of hydrogen-bond acceptors (Lipinski definition) is 2. The largest absolute Gasteiger partial charge is 0.352 e. The van der Waals surface area contributed by atoms with Gasteiger partial charge >= 0.3 is 0 Å². The Morgan fingerprint density at radius 1 is 1.24 bits per heavy atom. The summed E-state index contributed by atoms with van der Waals surface area (Å²) in [7, 11) is 0. The first-order valence-corrected chi connectivity index (χ1v) is 7.84. The molecule has 4 nitrogen and oxygen atoms in total. The predicted molar refractivity (Wildman–Crippen MR) is 83.0 cm³/mol. The van der Waals surface area contributed by atoms with Crippen molar-refractivity contribution in [2.75, 3.05) is 13.1 Å². The molecule has 1 aliphatic heterocycles. The maximum absolute atomic E-state index is 12.5. The second-order valence-electron chi connectivity index (χ2n) is 5.63. The van der Waals surface area contributed by atoms with Crippen molar-refractivity contribution in [3.8, 4) is 0 Å². The second kappa shape index (κ2) is 7.81. The smallest absolute Gasteiger partial charge is 0.253 e. The van der Waals surface area contributed by atoms with Crippen LogP contribution in [-0.2, 0) is 4.79 Å². The van der Waals surface area contributed by atoms with E-state index in [4.69, 9.17) is 0 Å². The lowest BCUT2D eigenvalue weighted by molar-refractivity contribution is -0.121. The Morgan fingerprint density at radius 3 is 2.71 bits per heavy atom. The number of carbonyl (C=O) groups is 2. The van der Waals surface area contributed by atoms with Crippen LogP contribution in [0.2, 0.25) is 0 Å². The Hall–Kier alpha value is -1.84. The molecule has 2 rings (SSSR count). The van der Waals surface area contributed by atoms with Gasteiger partial charge in [-0.1, -0.05) is 25.1 Å². The third-order valence-electron chi connectivity index (χ3n) is 3.82. The number of amides is 2. The van der Waals surface area contributed by atoms with E-state index in [0.29, 0.717) is 13.0 Å². The highest BCUT2D eigenvalue weighted by atomic mass is 16.2. The molecule has 0 radical (unpaired) electrons. The topological polar surface area (TPSA) is 49.4 Å². The van der Waals surface area contributed by atoms with E-state index in [0.717, 1.165) is 37.8 Å². The fourth-order valence-electron chi connectivity index (χ4n) is 2.73. The van der Waals surface area contributed by atoms with Gasteiger partial charge in [0.1, 0.15) is 0 Å². The van der Waals surface area contributed by atoms with Crippen LogP contribution in [-0.4, -0.2) is 35.8 Å². The molecular formula is C17H24N2O2. The van der Waals surface area contributed by atoms with Crippen LogP contribution < -0.4 is 5.32 Å². The van der Waals surface area contributed by atoms with Crippen LogP contribution in [0.5, 0.6) is 0 Å². The van der Waals surface area contributed by atoms with Crippen LogP contribution in [0.1, 0.15) is 49.4 Å². The fraction of sp³-hybridized carbons (Fsp3) is 0.529. The van der Waals surface area contributed by atoms with E-state index in [1.165, 1.54) is 0 Å². The Labute approximate surface area is 126 Å². The van der Waals surface area contributed by atoms with Crippen LogP contribution in [0.4, 0.5) is 0 Å². The Kier molecular flexibility index (Phi) is 5.78. The average Bonchev–Trinajstić information content (AvgIpc) is 2.73. The number of carbonyl (C=O) groups excluding carboxylic acids is 2. The number of nitrogens with zero attached hydrogens (tertiary/aromatic N) is 1. The standard InChI is InChI=1S/C17H24N2O2/c1-2-8-16(20)18-15-11-6-7-12-19(13-15)17(21)14-9-4-3-5-10-14/h3-5,9-10,15H,2,6-8,11-13H2,1H3,(H,18,20). The number of rotatable bonds is 4. The molecule has 1 aromatic carbocycles. The summed E-state index contributed by atoms with van der Waals surface area (Å²) >= 11 is 0. The lowest BCUT2D eigenvalue weighted by Crippen LogP contribution is -2.44. The van der Waals surface area contributed by atoms with Gasteiger partial charge in [-0.25, -0.2) is 0 Å². The first-order chi connectivity index (χ1) is 10.2. The summed E-state index contributed by atoms with van der Waals surface area (Å²) in [6, 6.07) is 9.44. The summed E-state index contributed by atoms with van der Waals surface area (Å²) in [6.45, 7) is 3.38. The monoisotopic (exact) mass is 288 g/mol. The molecule has 1 N–H and O–H groups in total. The normalized spacial score (nSPS) is 18.9. The zero-order valence-electron chi connectivity index (χ0n) is 12.7. The summed E-state index contributed by atoms with van der Waals surface area (Å²) in [4.78, 5) is 26.2. The Morgan fingerprint density at radius 2 is 2.00 bits per heavy atom. The van der Waals surface area contributed by atoms with E-state index < -0.39 is 0 Å². The van der Waals surface area contributed by atoms with Crippen molar-refractivity contribution in [1.29, 1.82) is 0 Å². The number of nitrogens with one attached hydrogen (secondary N) is 1. The van der Waals surface area contributed by atoms with E-state index in [2.05, 4.69) is 5.32 Å². The number of hydrogen-bond donors (Lipinski definition) is 1. The van der Waals surface area contributed by atoms with Gasteiger partial charge in [-0.15, -0.1) is 0 Å². The summed E-state index contributed by atoms with van der Waals surface area (Å²) in [5.74, 6) is 0.156. The van der Waals surface area contributed by atoms with Crippen molar-refractivity contribution in [2.45, 2.75) is 45.1 Å². The molecule has 1 aliphatic rings. The zero-order chi connectivity index (χ0) is 15.1. The summed E-state index contributed by atoms with van der Waals surface area (Å²) in [5.41, 5.74) is 0.720. The molecule has 1 unspecified atom stereocenters. The minimum absolute atomic E-state index is 0.0623. The first-order valence-electron chi connectivity index (χ1n) is 7.84. The van der Waals surface area contributed by atoms with Gasteiger partial charge in [-0.3, -0.25) is 9.59 Å². The van der Waals surface area contributed by atoms with E-state index in [1.807, 2.05) is 42.2 Å². The molecular weight excluding hydrogens is 264 g/mol. The van der Waals surface area contributed by atoms with Crippen molar-refractivity contribution in [1.82, 2.24) is 10.2 Å². The molecule has 4 heteroatoms. The lowest BCUT2D eigenvalue weighted by Gasteiger charge is -2.25. The number of benzene rings is 1. The third kappa shape index (κ3) is 4.59. The van der Waals surface area contributed by atoms with Gasteiger partial charge in [-0.05, 0) is 37.8 Å². The maximum Gasteiger partial charge on any atom is 0.253 e. The summed E-state index contributed by atoms with van der Waals surface area (Å²) in [5, 5.41) is 3.06. The Balaban J connectivity index is 1.99. The van der Waals surface area contributed by atoms with Gasteiger partial charge < -0.3 is 10.2 Å². The van der Waals surface area contributed by atoms with Crippen LogP contribution in [0.15, 0.2) is 30.3 Å². The molecule has 0 saturated carbocycles. The SMILES string of the molecule is CCCC(=O)NC1CCCCN(C(=O)c2ccccc2)C1. The summed E-state index contributed by atoms with van der Waals surface area (Å²) in [6.07, 6.45) is 4.41. The molecule has 1 heterocycles. The molecule has 1 fully saturated rings. The molecule has 0 aromatic heterocycles. The molecule has 0 aliphatic carbocycles. The van der Waals surface area contributed by atoms with Gasteiger partial charge in [0.05, 0.1) is 0 Å². The van der Waals surface area contributed by atoms with Crippen LogP contribution in [0.25, 0.3) is 0 Å². The zero-order valence-corrected chi connectivity index (χ0v) is 12.7. The maximum atomic E-state index is 12.5. The van der Waals surface area contributed by atoms with Gasteiger partial charge in [-0.2, -0.15) is 0 Å². The van der Waals surface area contributed by atoms with Crippen molar-refractivity contribution in [3.05, 3.63) is 35.9 Å². The van der Waals surface area contributed by atoms with Crippen LogP contribution >= 0.6 is 0 Å². The molecule has 0 bridgehead atoms. The Bertz CT molecular complexity index is 473. The number of likely N-dealkylation sites (tertiary alicyclic amines) is 1. The van der Waals surface area contributed by atoms with Gasteiger partial charge in [0.25, 0.3) is 5.91 Å². The highest BCUT2D eigenvalue weighted by Crippen LogP contribution is 2.14. The minimum Gasteiger partial charge on any atom is -0.352 e. The molecule has 1 saturated heterocycles. The van der Waals surface area contributed by atoms with Crippen LogP contribution in [0.3, 0.4) is 0 Å². The lowest BCUT2D eigenvalue weighted by atomic mass is 10.1. The molecule has 2 amide bonds. The quantitative estimate of drug-likeness (QED) is 0.926. The molecule has 114 valence electrons. The van der Waals surface area contributed by atoms with Gasteiger partial charge in [0.15, 0.2) is 0 Å². The van der Waals surface area contributed by atoms with E-state index in [9.17, 15) is 9.59 Å². The predicted octanol–water partition coefficient (Wildman–Crippen LogP) is 2.60. The minimum atomic E-state index is 0.0623. The fourth-order valence-corrected chi connectivity index (χ4v) is 2.73. The van der Waals surface area contributed by atoms with Crippen molar-refractivity contribution in [3.63, 3.8) is 0 Å². The molecule has 1 atom stereocenters. The first kappa shape index (κ1) is 15.5. The summed E-state index contributed by atoms with van der Waals surface area (Å²) < 4.78 is 0. The average molecular weight is 288 g/mol. The van der Waals surface area contributed by atoms with Gasteiger partial charge in [0.2, 0.25) is 5.91 Å². The van der Waals surface area contributed by atoms with Crippen molar-refractivity contribution >= 4 is 11.8 Å². The molecule has 0 spiro atoms. The molecule has 21 heavy (non-hydrogen) atoms. The van der Waals surface area contributed by atoms with Gasteiger partial charge in [0, 0.05) is 31.1 Å². The highest BCUT2D eigenvalue weighted by Gasteiger charge is 2.23. The van der Waals surface area contributed by atoms with Crippen LogP contribution in [0, 0.1) is 0 Å². The van der Waals surface area contributed by atoms with E-state index in [-0.39, 0.29) is 17.9 Å². The third-order valence-corrected chi connectivity index (χ3v) is 3.82. The van der Waals surface area contributed by atoms with E-state index in [1.54, 1.807) is 0 Å². The van der Waals surface area contributed by atoms with E-state index >= 15 is 0 Å².